The number of ketones is 1. The van der Waals surface area contributed by atoms with Gasteiger partial charge in [-0.2, -0.15) is 0 Å². The van der Waals surface area contributed by atoms with E-state index in [9.17, 15) is 4.79 Å². The summed E-state index contributed by atoms with van der Waals surface area (Å²) in [4.78, 5) is 12.5. The second-order valence-electron chi connectivity index (χ2n) is 6.84. The van der Waals surface area contributed by atoms with E-state index in [0.717, 1.165) is 25.7 Å². The van der Waals surface area contributed by atoms with Crippen molar-refractivity contribution in [2.45, 2.75) is 31.6 Å². The molecule has 1 heteroatoms. The van der Waals surface area contributed by atoms with Crippen molar-refractivity contribution in [2.24, 2.45) is 0 Å². The quantitative estimate of drug-likeness (QED) is 0.556. The van der Waals surface area contributed by atoms with Crippen molar-refractivity contribution >= 4 is 5.78 Å². The second kappa shape index (κ2) is 7.06. The first kappa shape index (κ1) is 15.8. The Labute approximate surface area is 149 Å². The first-order valence-electron chi connectivity index (χ1n) is 9.10. The lowest BCUT2D eigenvalue weighted by atomic mass is 9.81. The fraction of sp³-hybridized carbons (Fsp3) is 0.208. The number of hydrogen-bond acceptors (Lipinski definition) is 1. The largest absolute Gasteiger partial charge is 0.299 e. The van der Waals surface area contributed by atoms with Gasteiger partial charge in [0.2, 0.25) is 0 Å². The number of benzene rings is 3. The molecule has 0 aromatic heterocycles. The summed E-state index contributed by atoms with van der Waals surface area (Å²) in [6.45, 7) is 0. The van der Waals surface area contributed by atoms with E-state index in [4.69, 9.17) is 0 Å². The van der Waals surface area contributed by atoms with Crippen LogP contribution in [0, 0.1) is 0 Å². The normalized spacial score (nSPS) is 17.4. The van der Waals surface area contributed by atoms with Gasteiger partial charge in [0.25, 0.3) is 0 Å². The molecule has 124 valence electrons. The summed E-state index contributed by atoms with van der Waals surface area (Å²) in [5.74, 6) is 0.454. The van der Waals surface area contributed by atoms with Gasteiger partial charge in [0.1, 0.15) is 5.78 Å². The van der Waals surface area contributed by atoms with E-state index in [2.05, 4.69) is 66.7 Å². The van der Waals surface area contributed by atoms with Crippen LogP contribution in [-0.4, -0.2) is 5.78 Å². The maximum Gasteiger partial charge on any atom is 0.140 e. The first-order valence-corrected chi connectivity index (χ1v) is 9.10. The van der Waals surface area contributed by atoms with Gasteiger partial charge in [-0.05, 0) is 46.7 Å². The zero-order valence-electron chi connectivity index (χ0n) is 14.3. The summed E-state index contributed by atoms with van der Waals surface area (Å²) in [5, 5.41) is 0. The highest BCUT2D eigenvalue weighted by molar-refractivity contribution is 5.87. The highest BCUT2D eigenvalue weighted by Crippen LogP contribution is 2.35. The average Bonchev–Trinajstić information content (AvgIpc) is 2.69. The third kappa shape index (κ3) is 3.41. The Morgan fingerprint density at radius 3 is 1.72 bits per heavy atom. The molecule has 0 saturated heterocycles. The minimum absolute atomic E-state index is 0.0554. The van der Waals surface area contributed by atoms with E-state index in [0.29, 0.717) is 5.78 Å². The standard InChI is InChI=1S/C24H22O/c25-24-14-8-7-13-23(24)22-16-20(18-9-3-1-4-10-18)15-21(17-22)19-11-5-2-6-12-19/h1-6,9-12,15-17,23H,7-8,13-14H2. The van der Waals surface area contributed by atoms with Gasteiger partial charge >= 0.3 is 0 Å². The molecular formula is C24H22O. The van der Waals surface area contributed by atoms with Gasteiger partial charge in [-0.1, -0.05) is 79.2 Å². The molecule has 1 nitrogen and oxygen atoms in total. The van der Waals surface area contributed by atoms with Crippen LogP contribution < -0.4 is 0 Å². The first-order chi connectivity index (χ1) is 12.3. The van der Waals surface area contributed by atoms with Gasteiger partial charge in [-0.25, -0.2) is 0 Å². The predicted octanol–water partition coefficient (Wildman–Crippen LogP) is 6.25. The maximum atomic E-state index is 12.5. The Hall–Kier alpha value is -2.67. The zero-order valence-corrected chi connectivity index (χ0v) is 14.3. The van der Waals surface area contributed by atoms with Crippen LogP contribution in [0.4, 0.5) is 0 Å². The third-order valence-corrected chi connectivity index (χ3v) is 5.13. The molecule has 1 aliphatic rings. The number of rotatable bonds is 3. The van der Waals surface area contributed by atoms with Crippen LogP contribution in [0.15, 0.2) is 78.9 Å². The Morgan fingerprint density at radius 2 is 1.20 bits per heavy atom. The van der Waals surface area contributed by atoms with Gasteiger partial charge in [0.15, 0.2) is 0 Å². The molecule has 1 fully saturated rings. The number of Topliss-reactive ketones (excluding diaryl/α,β-unsaturated/α-hetero) is 1. The van der Waals surface area contributed by atoms with Gasteiger partial charge in [-0.3, -0.25) is 4.79 Å². The highest BCUT2D eigenvalue weighted by atomic mass is 16.1. The van der Waals surface area contributed by atoms with E-state index in [1.165, 1.54) is 27.8 Å². The van der Waals surface area contributed by atoms with Crippen molar-refractivity contribution in [3.8, 4) is 22.3 Å². The molecule has 0 bridgehead atoms. The molecule has 0 aliphatic heterocycles. The molecule has 3 aromatic rings. The van der Waals surface area contributed by atoms with Crippen LogP contribution in [0.25, 0.3) is 22.3 Å². The summed E-state index contributed by atoms with van der Waals surface area (Å²) in [7, 11) is 0. The lowest BCUT2D eigenvalue weighted by Crippen LogP contribution is -2.17. The van der Waals surface area contributed by atoms with Crippen LogP contribution in [0.1, 0.15) is 37.2 Å². The third-order valence-electron chi connectivity index (χ3n) is 5.13. The molecular weight excluding hydrogens is 304 g/mol. The second-order valence-corrected chi connectivity index (χ2v) is 6.84. The predicted molar refractivity (Wildman–Crippen MR) is 104 cm³/mol. The van der Waals surface area contributed by atoms with Gasteiger partial charge in [-0.15, -0.1) is 0 Å². The Morgan fingerprint density at radius 1 is 0.640 bits per heavy atom. The fourth-order valence-corrected chi connectivity index (χ4v) is 3.78. The molecule has 0 N–H and O–H groups in total. The molecule has 0 heterocycles. The SMILES string of the molecule is O=C1CCCCC1c1cc(-c2ccccc2)cc(-c2ccccc2)c1. The van der Waals surface area contributed by atoms with Crippen molar-refractivity contribution < 1.29 is 4.79 Å². The van der Waals surface area contributed by atoms with Crippen LogP contribution >= 0.6 is 0 Å². The minimum Gasteiger partial charge on any atom is -0.299 e. The van der Waals surface area contributed by atoms with Crippen LogP contribution in [0.2, 0.25) is 0 Å². The molecule has 3 aromatic carbocycles. The maximum absolute atomic E-state index is 12.5. The van der Waals surface area contributed by atoms with Crippen molar-refractivity contribution in [2.75, 3.05) is 0 Å². The smallest absolute Gasteiger partial charge is 0.140 e. The summed E-state index contributed by atoms with van der Waals surface area (Å²) in [6.07, 6.45) is 3.89. The molecule has 0 amide bonds. The van der Waals surface area contributed by atoms with E-state index < -0.39 is 0 Å². The minimum atomic E-state index is 0.0554. The molecule has 1 aliphatic carbocycles. The number of carbonyl (C=O) groups is 1. The molecule has 25 heavy (non-hydrogen) atoms. The topological polar surface area (TPSA) is 17.1 Å². The van der Waals surface area contributed by atoms with Crippen molar-refractivity contribution in [1.29, 1.82) is 0 Å². The Bertz CT molecular complexity index is 807. The van der Waals surface area contributed by atoms with Crippen molar-refractivity contribution in [3.05, 3.63) is 84.4 Å². The molecule has 1 unspecified atom stereocenters. The monoisotopic (exact) mass is 326 g/mol. The number of carbonyl (C=O) groups excluding carboxylic acids is 1. The molecule has 1 saturated carbocycles. The lowest BCUT2D eigenvalue weighted by Gasteiger charge is -2.22. The zero-order chi connectivity index (χ0) is 17.1. The van der Waals surface area contributed by atoms with Crippen LogP contribution in [-0.2, 0) is 4.79 Å². The van der Waals surface area contributed by atoms with Crippen molar-refractivity contribution in [3.63, 3.8) is 0 Å². The van der Waals surface area contributed by atoms with E-state index in [1.807, 2.05) is 12.1 Å². The summed E-state index contributed by atoms with van der Waals surface area (Å²) >= 11 is 0. The van der Waals surface area contributed by atoms with Gasteiger partial charge in [0, 0.05) is 12.3 Å². The van der Waals surface area contributed by atoms with Crippen molar-refractivity contribution in [1.82, 2.24) is 0 Å². The van der Waals surface area contributed by atoms with E-state index >= 15 is 0 Å². The highest BCUT2D eigenvalue weighted by Gasteiger charge is 2.24. The van der Waals surface area contributed by atoms with Crippen LogP contribution in [0.5, 0.6) is 0 Å². The lowest BCUT2D eigenvalue weighted by molar-refractivity contribution is -0.121. The summed E-state index contributed by atoms with van der Waals surface area (Å²) < 4.78 is 0. The molecule has 4 rings (SSSR count). The molecule has 0 spiro atoms. The van der Waals surface area contributed by atoms with E-state index in [-0.39, 0.29) is 5.92 Å². The van der Waals surface area contributed by atoms with Gasteiger partial charge in [0.05, 0.1) is 0 Å². The fourth-order valence-electron chi connectivity index (χ4n) is 3.78. The van der Waals surface area contributed by atoms with E-state index in [1.54, 1.807) is 0 Å². The number of hydrogen-bond donors (Lipinski definition) is 0. The van der Waals surface area contributed by atoms with Crippen LogP contribution in [0.3, 0.4) is 0 Å². The average molecular weight is 326 g/mol. The Kier molecular flexibility index (Phi) is 4.47. The summed E-state index contributed by atoms with van der Waals surface area (Å²) in [5.41, 5.74) is 5.95. The molecule has 1 atom stereocenters. The molecule has 0 radical (unpaired) electrons. The Balaban J connectivity index is 1.84. The van der Waals surface area contributed by atoms with Gasteiger partial charge < -0.3 is 0 Å². The summed E-state index contributed by atoms with van der Waals surface area (Å²) in [6, 6.07) is 27.6.